The molecule has 0 spiro atoms. The van der Waals surface area contributed by atoms with Crippen molar-refractivity contribution in [2.75, 3.05) is 40.3 Å². The number of rotatable bonds is 6. The average molecular weight is 310 g/mol. The Morgan fingerprint density at radius 2 is 2.05 bits per heavy atom. The third-order valence-electron chi connectivity index (χ3n) is 4.41. The molecule has 1 aliphatic heterocycles. The van der Waals surface area contributed by atoms with Crippen molar-refractivity contribution in [1.82, 2.24) is 15.1 Å². The number of nitrogens with one attached hydrogen (secondary N) is 1. The summed E-state index contributed by atoms with van der Waals surface area (Å²) in [7, 11) is 4.45. The van der Waals surface area contributed by atoms with E-state index in [1.54, 1.807) is 0 Å². The molecule has 0 aliphatic carbocycles. The molecule has 1 saturated heterocycles. The molecular formula is C17H28ClN3. The molecule has 118 valence electrons. The Kier molecular flexibility index (Phi) is 6.49. The lowest BCUT2D eigenvalue weighted by Gasteiger charge is -2.39. The van der Waals surface area contributed by atoms with Crippen LogP contribution in [-0.4, -0.2) is 56.1 Å². The van der Waals surface area contributed by atoms with E-state index in [9.17, 15) is 0 Å². The van der Waals surface area contributed by atoms with Crippen LogP contribution >= 0.6 is 11.6 Å². The molecule has 3 nitrogen and oxygen atoms in total. The number of hydrogen-bond donors (Lipinski definition) is 1. The maximum absolute atomic E-state index is 6.42. The number of likely N-dealkylation sites (N-methyl/N-ethyl adjacent to an activating group) is 2. The van der Waals surface area contributed by atoms with Gasteiger partial charge < -0.3 is 15.1 Å². The Labute approximate surface area is 134 Å². The van der Waals surface area contributed by atoms with Gasteiger partial charge in [-0.3, -0.25) is 0 Å². The van der Waals surface area contributed by atoms with Gasteiger partial charge in [0.1, 0.15) is 0 Å². The zero-order valence-corrected chi connectivity index (χ0v) is 14.2. The summed E-state index contributed by atoms with van der Waals surface area (Å²) in [6.07, 6.45) is 2.24. The molecule has 1 fully saturated rings. The van der Waals surface area contributed by atoms with E-state index >= 15 is 0 Å². The lowest BCUT2D eigenvalue weighted by molar-refractivity contribution is 0.101. The maximum Gasteiger partial charge on any atom is 0.0453 e. The Morgan fingerprint density at radius 3 is 2.76 bits per heavy atom. The fourth-order valence-corrected chi connectivity index (χ4v) is 3.29. The van der Waals surface area contributed by atoms with E-state index < -0.39 is 0 Å². The van der Waals surface area contributed by atoms with E-state index in [-0.39, 0.29) is 0 Å². The van der Waals surface area contributed by atoms with Crippen LogP contribution in [0.2, 0.25) is 5.02 Å². The maximum atomic E-state index is 6.42. The molecule has 2 unspecified atom stereocenters. The molecule has 1 heterocycles. The normalized spacial score (nSPS) is 22.4. The van der Waals surface area contributed by atoms with Gasteiger partial charge in [-0.25, -0.2) is 0 Å². The minimum Gasteiger partial charge on any atom is -0.310 e. The second-order valence-electron chi connectivity index (χ2n) is 6.16. The first kappa shape index (κ1) is 16.8. The highest BCUT2D eigenvalue weighted by Gasteiger charge is 2.26. The summed E-state index contributed by atoms with van der Waals surface area (Å²) in [4.78, 5) is 4.91. The van der Waals surface area contributed by atoms with Crippen molar-refractivity contribution in [3.63, 3.8) is 0 Å². The van der Waals surface area contributed by atoms with Crippen molar-refractivity contribution in [3.05, 3.63) is 34.9 Å². The van der Waals surface area contributed by atoms with Gasteiger partial charge in [-0.15, -0.1) is 0 Å². The highest BCUT2D eigenvalue weighted by atomic mass is 35.5. The van der Waals surface area contributed by atoms with Gasteiger partial charge in [0.2, 0.25) is 0 Å². The molecule has 1 N–H and O–H groups in total. The molecule has 0 aromatic heterocycles. The van der Waals surface area contributed by atoms with Crippen molar-refractivity contribution in [1.29, 1.82) is 0 Å². The summed E-state index contributed by atoms with van der Waals surface area (Å²) >= 11 is 6.42. The molecule has 1 aliphatic rings. The van der Waals surface area contributed by atoms with Crippen LogP contribution in [-0.2, 0) is 0 Å². The summed E-state index contributed by atoms with van der Waals surface area (Å²) in [5, 5.41) is 4.55. The first-order valence-electron chi connectivity index (χ1n) is 7.98. The molecule has 0 amide bonds. The van der Waals surface area contributed by atoms with Gasteiger partial charge >= 0.3 is 0 Å². The van der Waals surface area contributed by atoms with E-state index in [0.717, 1.165) is 44.0 Å². The Hall–Kier alpha value is -0.610. The lowest BCUT2D eigenvalue weighted by atomic mass is 9.97. The van der Waals surface area contributed by atoms with Gasteiger partial charge in [0.25, 0.3) is 0 Å². The summed E-state index contributed by atoms with van der Waals surface area (Å²) in [6.45, 7) is 6.67. The van der Waals surface area contributed by atoms with Gasteiger partial charge in [0.15, 0.2) is 0 Å². The largest absolute Gasteiger partial charge is 0.310 e. The second kappa shape index (κ2) is 8.14. The van der Waals surface area contributed by atoms with Crippen molar-refractivity contribution in [3.8, 4) is 0 Å². The van der Waals surface area contributed by atoms with Crippen molar-refractivity contribution in [2.45, 2.75) is 31.8 Å². The SMILES string of the molecule is CCCNC(CC1CN(C)CCN1C)c1ccccc1Cl. The van der Waals surface area contributed by atoms with Crippen LogP contribution < -0.4 is 5.32 Å². The molecule has 21 heavy (non-hydrogen) atoms. The zero-order valence-electron chi connectivity index (χ0n) is 13.5. The van der Waals surface area contributed by atoms with Crippen molar-refractivity contribution in [2.24, 2.45) is 0 Å². The van der Waals surface area contributed by atoms with Crippen molar-refractivity contribution >= 4 is 11.6 Å². The van der Waals surface area contributed by atoms with Crippen molar-refractivity contribution < 1.29 is 0 Å². The standard InChI is InChI=1S/C17H28ClN3/c1-4-9-19-17(15-7-5-6-8-16(15)18)12-14-13-20(2)10-11-21(14)3/h5-8,14,17,19H,4,9-13H2,1-3H3. The van der Waals surface area contributed by atoms with E-state index in [1.165, 1.54) is 5.56 Å². The van der Waals surface area contributed by atoms with Gasteiger partial charge in [-0.1, -0.05) is 36.7 Å². The third kappa shape index (κ3) is 4.68. The fraction of sp³-hybridized carbons (Fsp3) is 0.647. The monoisotopic (exact) mass is 309 g/mol. The van der Waals surface area contributed by atoms with E-state index in [2.05, 4.69) is 48.3 Å². The molecule has 0 bridgehead atoms. The summed E-state index contributed by atoms with van der Waals surface area (Å²) in [5.41, 5.74) is 1.23. The highest BCUT2D eigenvalue weighted by Crippen LogP contribution is 2.28. The average Bonchev–Trinajstić information content (AvgIpc) is 2.48. The summed E-state index contributed by atoms with van der Waals surface area (Å²) in [5.74, 6) is 0. The van der Waals surface area contributed by atoms with Crippen LogP contribution in [0.3, 0.4) is 0 Å². The predicted octanol–water partition coefficient (Wildman–Crippen LogP) is 3.02. The number of hydrogen-bond acceptors (Lipinski definition) is 3. The third-order valence-corrected chi connectivity index (χ3v) is 4.75. The Morgan fingerprint density at radius 1 is 1.29 bits per heavy atom. The van der Waals surface area contributed by atoms with Gasteiger partial charge in [-0.2, -0.15) is 0 Å². The van der Waals surface area contributed by atoms with Crippen LogP contribution in [0.15, 0.2) is 24.3 Å². The topological polar surface area (TPSA) is 18.5 Å². The molecule has 2 rings (SSSR count). The van der Waals surface area contributed by atoms with Crippen LogP contribution in [0.4, 0.5) is 0 Å². The molecule has 1 aromatic rings. The smallest absolute Gasteiger partial charge is 0.0453 e. The number of halogens is 1. The van der Waals surface area contributed by atoms with E-state index in [1.807, 2.05) is 12.1 Å². The van der Waals surface area contributed by atoms with Crippen LogP contribution in [0.5, 0.6) is 0 Å². The minimum absolute atomic E-state index is 0.331. The molecule has 0 saturated carbocycles. The quantitative estimate of drug-likeness (QED) is 0.871. The number of nitrogens with zero attached hydrogens (tertiary/aromatic N) is 2. The second-order valence-corrected chi connectivity index (χ2v) is 6.57. The van der Waals surface area contributed by atoms with E-state index in [4.69, 9.17) is 11.6 Å². The van der Waals surface area contributed by atoms with Gasteiger partial charge in [0.05, 0.1) is 0 Å². The van der Waals surface area contributed by atoms with E-state index in [0.29, 0.717) is 12.1 Å². The molecule has 2 atom stereocenters. The van der Waals surface area contributed by atoms with Crippen LogP contribution in [0.25, 0.3) is 0 Å². The Balaban J connectivity index is 2.10. The molecule has 4 heteroatoms. The van der Waals surface area contributed by atoms with Crippen LogP contribution in [0, 0.1) is 0 Å². The zero-order chi connectivity index (χ0) is 15.2. The summed E-state index contributed by atoms with van der Waals surface area (Å²) in [6, 6.07) is 9.14. The lowest BCUT2D eigenvalue weighted by Crippen LogP contribution is -2.51. The fourth-order valence-electron chi connectivity index (χ4n) is 3.02. The first-order chi connectivity index (χ1) is 10.1. The minimum atomic E-state index is 0.331. The molecule has 1 aromatic carbocycles. The van der Waals surface area contributed by atoms with Gasteiger partial charge in [0, 0.05) is 36.7 Å². The number of benzene rings is 1. The Bertz CT molecular complexity index is 438. The highest BCUT2D eigenvalue weighted by molar-refractivity contribution is 6.31. The molecule has 0 radical (unpaired) electrons. The number of piperazine rings is 1. The predicted molar refractivity (Wildman–Crippen MR) is 91.0 cm³/mol. The van der Waals surface area contributed by atoms with Crippen LogP contribution in [0.1, 0.15) is 31.4 Å². The molecular weight excluding hydrogens is 282 g/mol. The first-order valence-corrected chi connectivity index (χ1v) is 8.36. The van der Waals surface area contributed by atoms with Gasteiger partial charge in [-0.05, 0) is 45.1 Å². The summed E-state index contributed by atoms with van der Waals surface area (Å²) < 4.78 is 0.